The minimum absolute atomic E-state index is 0.245. The number of β-amino-alcohol motifs (C(OH)–C–C–N with tert-alkyl or cyclic N) is 1. The lowest BCUT2D eigenvalue weighted by Gasteiger charge is -2.35. The van der Waals surface area contributed by atoms with E-state index in [9.17, 15) is 5.11 Å². The highest BCUT2D eigenvalue weighted by Crippen LogP contribution is 2.23. The number of hydrogen-bond donors (Lipinski definition) is 2. The van der Waals surface area contributed by atoms with E-state index in [4.69, 9.17) is 0 Å². The van der Waals surface area contributed by atoms with Gasteiger partial charge in [0.15, 0.2) is 0 Å². The number of piperidine rings is 1. The Kier molecular flexibility index (Phi) is 4.19. The second-order valence-corrected chi connectivity index (χ2v) is 5.24. The number of anilines is 1. The van der Waals surface area contributed by atoms with Gasteiger partial charge in [0.2, 0.25) is 0 Å². The smallest absolute Gasteiger partial charge is 0.128 e. The molecule has 2 heterocycles. The molecule has 0 aromatic carbocycles. The summed E-state index contributed by atoms with van der Waals surface area (Å²) < 4.78 is 0. The largest absolute Gasteiger partial charge is 0.391 e. The molecule has 0 saturated carbocycles. The van der Waals surface area contributed by atoms with E-state index in [2.05, 4.69) is 35.1 Å². The first-order chi connectivity index (χ1) is 8.61. The number of aliphatic hydroxyl groups is 1. The summed E-state index contributed by atoms with van der Waals surface area (Å²) >= 11 is 0. The molecule has 1 aromatic heterocycles. The van der Waals surface area contributed by atoms with Gasteiger partial charge < -0.3 is 15.3 Å². The standard InChI is InChI=1S/C14H23N3O/c1-10-5-7-17(9-13(10)18)14-8-12(4-6-16-14)11(2)15-3/h4,6,8,10-11,13,15,18H,5,7,9H2,1-3H3. The maximum absolute atomic E-state index is 9.95. The van der Waals surface area contributed by atoms with Crippen molar-refractivity contribution >= 4 is 5.82 Å². The van der Waals surface area contributed by atoms with Crippen LogP contribution in [0.3, 0.4) is 0 Å². The number of rotatable bonds is 3. The van der Waals surface area contributed by atoms with Crippen molar-refractivity contribution in [2.75, 3.05) is 25.0 Å². The van der Waals surface area contributed by atoms with Crippen molar-refractivity contribution in [3.8, 4) is 0 Å². The predicted octanol–water partition coefficient (Wildman–Crippen LogP) is 1.57. The van der Waals surface area contributed by atoms with Gasteiger partial charge in [0, 0.05) is 25.3 Å². The van der Waals surface area contributed by atoms with E-state index >= 15 is 0 Å². The van der Waals surface area contributed by atoms with Crippen LogP contribution in [-0.4, -0.2) is 36.3 Å². The van der Waals surface area contributed by atoms with Crippen molar-refractivity contribution in [3.05, 3.63) is 23.9 Å². The molecule has 1 aliphatic rings. The lowest BCUT2D eigenvalue weighted by Crippen LogP contribution is -2.43. The molecule has 0 spiro atoms. The van der Waals surface area contributed by atoms with Crippen LogP contribution in [0.5, 0.6) is 0 Å². The van der Waals surface area contributed by atoms with Crippen LogP contribution in [-0.2, 0) is 0 Å². The van der Waals surface area contributed by atoms with E-state index in [1.54, 1.807) is 0 Å². The maximum atomic E-state index is 9.95. The van der Waals surface area contributed by atoms with Crippen LogP contribution in [0.25, 0.3) is 0 Å². The molecule has 2 rings (SSSR count). The van der Waals surface area contributed by atoms with Crippen molar-refractivity contribution in [1.82, 2.24) is 10.3 Å². The second-order valence-electron chi connectivity index (χ2n) is 5.24. The molecule has 0 radical (unpaired) electrons. The van der Waals surface area contributed by atoms with Crippen LogP contribution >= 0.6 is 0 Å². The molecule has 0 aliphatic carbocycles. The second kappa shape index (κ2) is 5.67. The SMILES string of the molecule is CNC(C)c1ccnc(N2CCC(C)C(O)C2)c1. The third-order valence-electron chi connectivity index (χ3n) is 3.95. The minimum Gasteiger partial charge on any atom is -0.391 e. The van der Waals surface area contributed by atoms with Gasteiger partial charge in [-0.15, -0.1) is 0 Å². The predicted molar refractivity (Wildman–Crippen MR) is 73.7 cm³/mol. The molecule has 4 heteroatoms. The molecular weight excluding hydrogens is 226 g/mol. The van der Waals surface area contributed by atoms with Gasteiger partial charge in [-0.3, -0.25) is 0 Å². The number of aromatic nitrogens is 1. The molecule has 18 heavy (non-hydrogen) atoms. The monoisotopic (exact) mass is 249 g/mol. The van der Waals surface area contributed by atoms with Crippen LogP contribution in [0.15, 0.2) is 18.3 Å². The Morgan fingerprint density at radius 3 is 3.00 bits per heavy atom. The van der Waals surface area contributed by atoms with Gasteiger partial charge in [0.1, 0.15) is 5.82 Å². The van der Waals surface area contributed by atoms with Crippen LogP contribution in [0.2, 0.25) is 0 Å². The Hall–Kier alpha value is -1.13. The fourth-order valence-electron chi connectivity index (χ4n) is 2.30. The highest BCUT2D eigenvalue weighted by atomic mass is 16.3. The summed E-state index contributed by atoms with van der Waals surface area (Å²) in [6.07, 6.45) is 2.63. The number of nitrogens with zero attached hydrogens (tertiary/aromatic N) is 2. The van der Waals surface area contributed by atoms with Gasteiger partial charge in [-0.05, 0) is 44.0 Å². The molecule has 0 bridgehead atoms. The Labute approximate surface area is 109 Å². The molecule has 1 aliphatic heterocycles. The number of hydrogen-bond acceptors (Lipinski definition) is 4. The maximum Gasteiger partial charge on any atom is 0.128 e. The molecule has 4 nitrogen and oxygen atoms in total. The van der Waals surface area contributed by atoms with Crippen molar-refractivity contribution in [2.24, 2.45) is 5.92 Å². The van der Waals surface area contributed by atoms with E-state index in [1.165, 1.54) is 5.56 Å². The highest BCUT2D eigenvalue weighted by Gasteiger charge is 2.25. The molecule has 1 fully saturated rings. The Morgan fingerprint density at radius 1 is 1.56 bits per heavy atom. The summed E-state index contributed by atoms with van der Waals surface area (Å²) in [7, 11) is 1.96. The molecule has 0 amide bonds. The number of pyridine rings is 1. The van der Waals surface area contributed by atoms with E-state index < -0.39 is 0 Å². The first-order valence-corrected chi connectivity index (χ1v) is 6.68. The summed E-state index contributed by atoms with van der Waals surface area (Å²) in [6, 6.07) is 4.47. The van der Waals surface area contributed by atoms with Crippen LogP contribution < -0.4 is 10.2 Å². The Morgan fingerprint density at radius 2 is 2.33 bits per heavy atom. The average molecular weight is 249 g/mol. The molecule has 1 aromatic rings. The van der Waals surface area contributed by atoms with Crippen molar-refractivity contribution in [1.29, 1.82) is 0 Å². The van der Waals surface area contributed by atoms with E-state index in [0.717, 1.165) is 18.8 Å². The van der Waals surface area contributed by atoms with Crippen LogP contribution in [0.4, 0.5) is 5.82 Å². The normalized spacial score (nSPS) is 26.1. The molecule has 3 atom stereocenters. The molecular formula is C14H23N3O. The lowest BCUT2D eigenvalue weighted by molar-refractivity contribution is 0.102. The molecule has 100 valence electrons. The average Bonchev–Trinajstić information content (AvgIpc) is 2.41. The highest BCUT2D eigenvalue weighted by molar-refractivity contribution is 5.42. The van der Waals surface area contributed by atoms with Gasteiger partial charge >= 0.3 is 0 Å². The lowest BCUT2D eigenvalue weighted by atomic mass is 9.96. The first kappa shape index (κ1) is 13.3. The van der Waals surface area contributed by atoms with Gasteiger partial charge in [-0.2, -0.15) is 0 Å². The minimum atomic E-state index is -0.245. The fraction of sp³-hybridized carbons (Fsp3) is 0.643. The summed E-state index contributed by atoms with van der Waals surface area (Å²) in [5.74, 6) is 1.36. The fourth-order valence-corrected chi connectivity index (χ4v) is 2.30. The van der Waals surface area contributed by atoms with Crippen molar-refractivity contribution in [2.45, 2.75) is 32.4 Å². The van der Waals surface area contributed by atoms with E-state index in [-0.39, 0.29) is 6.10 Å². The molecule has 1 saturated heterocycles. The summed E-state index contributed by atoms with van der Waals surface area (Å²) in [5, 5.41) is 13.2. The number of nitrogens with one attached hydrogen (secondary N) is 1. The van der Waals surface area contributed by atoms with Crippen LogP contribution in [0, 0.1) is 5.92 Å². The van der Waals surface area contributed by atoms with Gasteiger partial charge in [-0.1, -0.05) is 6.92 Å². The van der Waals surface area contributed by atoms with Crippen LogP contribution in [0.1, 0.15) is 31.9 Å². The Bertz CT molecular complexity index is 396. The Balaban J connectivity index is 2.13. The topological polar surface area (TPSA) is 48.4 Å². The zero-order valence-corrected chi connectivity index (χ0v) is 11.4. The number of aliphatic hydroxyl groups excluding tert-OH is 1. The van der Waals surface area contributed by atoms with Gasteiger partial charge in [-0.25, -0.2) is 4.98 Å². The zero-order valence-electron chi connectivity index (χ0n) is 11.4. The third-order valence-corrected chi connectivity index (χ3v) is 3.95. The van der Waals surface area contributed by atoms with Crippen molar-refractivity contribution < 1.29 is 5.11 Å². The summed E-state index contributed by atoms with van der Waals surface area (Å²) in [4.78, 5) is 6.60. The summed E-state index contributed by atoms with van der Waals surface area (Å²) in [5.41, 5.74) is 1.23. The zero-order chi connectivity index (χ0) is 13.1. The van der Waals surface area contributed by atoms with Crippen molar-refractivity contribution in [3.63, 3.8) is 0 Å². The quantitative estimate of drug-likeness (QED) is 0.853. The van der Waals surface area contributed by atoms with E-state index in [0.29, 0.717) is 18.5 Å². The van der Waals surface area contributed by atoms with Gasteiger partial charge in [0.25, 0.3) is 0 Å². The van der Waals surface area contributed by atoms with E-state index in [1.807, 2.05) is 19.3 Å². The van der Waals surface area contributed by atoms with Gasteiger partial charge in [0.05, 0.1) is 6.10 Å². The molecule has 2 N–H and O–H groups in total. The third kappa shape index (κ3) is 2.82. The molecule has 3 unspecified atom stereocenters. The summed E-state index contributed by atoms with van der Waals surface area (Å²) in [6.45, 7) is 5.90. The first-order valence-electron chi connectivity index (χ1n) is 6.68.